The molecule has 2 saturated carbocycles. The third-order valence-corrected chi connectivity index (χ3v) is 8.87. The van der Waals surface area contributed by atoms with Crippen LogP contribution in [0, 0.1) is 0 Å². The van der Waals surface area contributed by atoms with Crippen molar-refractivity contribution in [1.82, 2.24) is 0 Å². The summed E-state index contributed by atoms with van der Waals surface area (Å²) in [6, 6.07) is 10.1. The molecule has 30 heavy (non-hydrogen) atoms. The van der Waals surface area contributed by atoms with Crippen LogP contribution in [-0.4, -0.2) is 42.5 Å². The van der Waals surface area contributed by atoms with Crippen molar-refractivity contribution in [1.29, 1.82) is 0 Å². The molecule has 2 bridgehead atoms. The molecule has 2 aliphatic heterocycles. The average molecular weight is 436 g/mol. The number of fused-ring (bicyclic) bond motifs is 4. The summed E-state index contributed by atoms with van der Waals surface area (Å²) in [6.45, 7) is 2.55. The molecule has 0 amide bonds. The van der Waals surface area contributed by atoms with Crippen LogP contribution in [-0.2, 0) is 34.4 Å². The van der Waals surface area contributed by atoms with E-state index in [-0.39, 0.29) is 30.5 Å². The number of hydrogen-bond donors (Lipinski definition) is 0. The van der Waals surface area contributed by atoms with Gasteiger partial charge in [0.25, 0.3) is 0 Å². The highest BCUT2D eigenvalue weighted by Crippen LogP contribution is 2.60. The lowest BCUT2D eigenvalue weighted by atomic mass is 9.87. The molecule has 1 unspecified atom stereocenters. The van der Waals surface area contributed by atoms with Gasteiger partial charge in [0.15, 0.2) is 5.79 Å². The van der Waals surface area contributed by atoms with Gasteiger partial charge >= 0.3 is 7.60 Å². The van der Waals surface area contributed by atoms with Gasteiger partial charge in [0, 0.05) is 19.3 Å². The van der Waals surface area contributed by atoms with Crippen LogP contribution in [0.3, 0.4) is 0 Å². The Morgan fingerprint density at radius 3 is 2.53 bits per heavy atom. The molecule has 1 aromatic carbocycles. The molecule has 2 saturated heterocycles. The summed E-state index contributed by atoms with van der Waals surface area (Å²) in [5.74, 6) is -0.545. The number of ether oxygens (including phenoxy) is 3. The molecule has 5 rings (SSSR count). The number of hydrogen-bond acceptors (Lipinski definition) is 6. The van der Waals surface area contributed by atoms with Gasteiger partial charge in [0.2, 0.25) is 0 Å². The second kappa shape index (κ2) is 8.65. The van der Waals surface area contributed by atoms with E-state index in [1.165, 1.54) is 6.42 Å². The molecular weight excluding hydrogens is 403 g/mol. The average Bonchev–Trinajstić information content (AvgIpc) is 3.12. The van der Waals surface area contributed by atoms with E-state index in [9.17, 15) is 4.57 Å². The van der Waals surface area contributed by atoms with Crippen molar-refractivity contribution in [3.63, 3.8) is 0 Å². The summed E-state index contributed by atoms with van der Waals surface area (Å²) in [5.41, 5.74) is 1.10. The van der Waals surface area contributed by atoms with Gasteiger partial charge in [-0.15, -0.1) is 0 Å². The topological polar surface area (TPSA) is 63.2 Å². The molecule has 2 heterocycles. The number of benzene rings is 1. The van der Waals surface area contributed by atoms with Gasteiger partial charge in [-0.05, 0) is 24.8 Å². The summed E-state index contributed by atoms with van der Waals surface area (Å²) >= 11 is 0. The quantitative estimate of drug-likeness (QED) is 0.572. The highest BCUT2D eigenvalue weighted by molar-refractivity contribution is 7.53. The Labute approximate surface area is 179 Å². The minimum atomic E-state index is -3.16. The first kappa shape index (κ1) is 21.1. The molecule has 6 atom stereocenters. The molecule has 0 radical (unpaired) electrons. The Balaban J connectivity index is 1.39. The Morgan fingerprint density at radius 1 is 1.03 bits per heavy atom. The minimum absolute atomic E-state index is 0.251. The maximum Gasteiger partial charge on any atom is 0.331 e. The first-order valence-electron chi connectivity index (χ1n) is 11.6. The molecule has 0 aromatic heterocycles. The largest absolute Gasteiger partial charge is 0.368 e. The van der Waals surface area contributed by atoms with Gasteiger partial charge < -0.3 is 23.3 Å². The van der Waals surface area contributed by atoms with Crippen LogP contribution in [0.2, 0.25) is 0 Å². The zero-order chi connectivity index (χ0) is 20.6. The van der Waals surface area contributed by atoms with Gasteiger partial charge in [-0.2, -0.15) is 0 Å². The Hall–Kier alpha value is -0.750. The van der Waals surface area contributed by atoms with Crippen molar-refractivity contribution in [3.05, 3.63) is 35.9 Å². The molecule has 1 aromatic rings. The van der Waals surface area contributed by atoms with E-state index in [2.05, 4.69) is 19.1 Å². The van der Waals surface area contributed by atoms with Crippen molar-refractivity contribution < 1.29 is 27.8 Å². The predicted molar refractivity (Wildman–Crippen MR) is 112 cm³/mol. The standard InChI is InChI=1S/C23H33O6P/c1-2-3-14-30(24)28-18-15-19(29-30)21-22(27-23(26-21)12-8-5-9-13-23)20(18)25-16-17-10-6-4-7-11-17/h4,6-7,10-11,18-22H,2-3,5,8-9,12-16H2,1H3/t18-,19+,20+,21+,22-,30?/m1/s1. The third-order valence-electron chi connectivity index (χ3n) is 6.82. The fourth-order valence-electron chi connectivity index (χ4n) is 5.30. The summed E-state index contributed by atoms with van der Waals surface area (Å²) in [6.07, 6.45) is 6.72. The SMILES string of the molecule is CCCCP1(=O)O[C@H]2C[C@@H](O1)[C@H](OCc1ccccc1)[C@H]1OC3(CCCCC3)O[C@H]12. The van der Waals surface area contributed by atoms with Crippen molar-refractivity contribution >= 4 is 7.60 Å². The lowest BCUT2D eigenvalue weighted by Crippen LogP contribution is -2.58. The lowest BCUT2D eigenvalue weighted by Gasteiger charge is -2.47. The fraction of sp³-hybridized carbons (Fsp3) is 0.739. The molecule has 7 heteroatoms. The van der Waals surface area contributed by atoms with Crippen LogP contribution >= 0.6 is 7.60 Å². The Morgan fingerprint density at radius 2 is 1.77 bits per heavy atom. The molecule has 4 fully saturated rings. The molecule has 1 spiro atoms. The van der Waals surface area contributed by atoms with E-state index in [4.69, 9.17) is 23.3 Å². The molecule has 4 aliphatic rings. The van der Waals surface area contributed by atoms with E-state index in [1.54, 1.807) is 0 Å². The van der Waals surface area contributed by atoms with E-state index < -0.39 is 13.4 Å². The monoisotopic (exact) mass is 436 g/mol. The fourth-order valence-corrected chi connectivity index (χ4v) is 7.50. The van der Waals surface area contributed by atoms with Crippen molar-refractivity contribution in [2.75, 3.05) is 6.16 Å². The van der Waals surface area contributed by atoms with Gasteiger partial charge in [0.05, 0.1) is 25.0 Å². The van der Waals surface area contributed by atoms with Crippen molar-refractivity contribution in [3.8, 4) is 0 Å². The zero-order valence-electron chi connectivity index (χ0n) is 17.7. The Bertz CT molecular complexity index is 764. The van der Waals surface area contributed by atoms with Gasteiger partial charge in [-0.1, -0.05) is 50.1 Å². The summed E-state index contributed by atoms with van der Waals surface area (Å²) < 4.78 is 45.1. The smallest absolute Gasteiger partial charge is 0.331 e. The second-order valence-electron chi connectivity index (χ2n) is 9.11. The maximum atomic E-state index is 13.4. The van der Waals surface area contributed by atoms with Crippen LogP contribution in [0.15, 0.2) is 30.3 Å². The highest BCUT2D eigenvalue weighted by atomic mass is 31.2. The van der Waals surface area contributed by atoms with Crippen LogP contribution in [0.1, 0.15) is 63.9 Å². The minimum Gasteiger partial charge on any atom is -0.368 e. The van der Waals surface area contributed by atoms with E-state index in [0.717, 1.165) is 44.1 Å². The van der Waals surface area contributed by atoms with Crippen LogP contribution in [0.4, 0.5) is 0 Å². The third kappa shape index (κ3) is 4.15. The predicted octanol–water partition coefficient (Wildman–Crippen LogP) is 5.20. The van der Waals surface area contributed by atoms with Crippen LogP contribution in [0.5, 0.6) is 0 Å². The van der Waals surface area contributed by atoms with Gasteiger partial charge in [-0.25, -0.2) is 0 Å². The normalized spacial score (nSPS) is 39.7. The van der Waals surface area contributed by atoms with Gasteiger partial charge in [-0.3, -0.25) is 4.57 Å². The van der Waals surface area contributed by atoms with Crippen LogP contribution in [0.25, 0.3) is 0 Å². The highest BCUT2D eigenvalue weighted by Gasteiger charge is 2.62. The second-order valence-corrected chi connectivity index (χ2v) is 11.2. The number of rotatable bonds is 6. The molecule has 166 valence electrons. The Kier molecular flexibility index (Phi) is 6.09. The lowest BCUT2D eigenvalue weighted by molar-refractivity contribution is -0.205. The maximum absolute atomic E-state index is 13.4. The summed E-state index contributed by atoms with van der Waals surface area (Å²) in [7, 11) is -3.16. The zero-order valence-corrected chi connectivity index (χ0v) is 18.6. The molecule has 6 nitrogen and oxygen atoms in total. The van der Waals surface area contributed by atoms with Crippen LogP contribution < -0.4 is 0 Å². The van der Waals surface area contributed by atoms with E-state index in [1.807, 2.05) is 18.2 Å². The van der Waals surface area contributed by atoms with Crippen molar-refractivity contribution in [2.45, 2.75) is 101 Å². The van der Waals surface area contributed by atoms with E-state index in [0.29, 0.717) is 19.2 Å². The number of unbranched alkanes of at least 4 members (excludes halogenated alkanes) is 1. The van der Waals surface area contributed by atoms with E-state index >= 15 is 0 Å². The van der Waals surface area contributed by atoms with Crippen molar-refractivity contribution in [2.24, 2.45) is 0 Å². The summed E-state index contributed by atoms with van der Waals surface area (Å²) in [4.78, 5) is 0. The van der Waals surface area contributed by atoms with Gasteiger partial charge in [0.1, 0.15) is 18.3 Å². The first-order valence-corrected chi connectivity index (χ1v) is 13.3. The molecule has 0 N–H and O–H groups in total. The molecule has 2 aliphatic carbocycles. The first-order chi connectivity index (χ1) is 14.6. The molecular formula is C23H33O6P. The summed E-state index contributed by atoms with van der Waals surface area (Å²) in [5, 5.41) is 0.